The van der Waals surface area contributed by atoms with E-state index in [0.717, 1.165) is 0 Å². The van der Waals surface area contributed by atoms with Crippen LogP contribution in [0.1, 0.15) is 16.1 Å². The quantitative estimate of drug-likeness (QED) is 0.747. The summed E-state index contributed by atoms with van der Waals surface area (Å²) in [5.41, 5.74) is 0.665. The van der Waals surface area contributed by atoms with Crippen molar-refractivity contribution in [3.63, 3.8) is 0 Å². The van der Waals surface area contributed by atoms with Crippen LogP contribution in [0.2, 0.25) is 0 Å². The average Bonchev–Trinajstić information content (AvgIpc) is 2.17. The number of aromatic nitrogens is 1. The zero-order valence-electron chi connectivity index (χ0n) is 6.03. The fraction of sp³-hybridized carbons (Fsp3) is 0.143. The standard InChI is InChI=1S/C7H6ClNO3/c8-12-7(11)6-3-5(4-10)1-2-9-6/h1-3,10H,4H2. The summed E-state index contributed by atoms with van der Waals surface area (Å²) in [4.78, 5) is 14.5. The molecule has 0 aromatic carbocycles. The molecule has 1 aromatic rings. The van der Waals surface area contributed by atoms with Crippen LogP contribution in [-0.2, 0) is 10.9 Å². The van der Waals surface area contributed by atoms with Gasteiger partial charge in [0.2, 0.25) is 0 Å². The molecule has 64 valence electrons. The topological polar surface area (TPSA) is 59.4 Å². The maximum atomic E-state index is 10.8. The summed E-state index contributed by atoms with van der Waals surface area (Å²) in [5, 5.41) is 8.70. The molecule has 0 aliphatic heterocycles. The zero-order chi connectivity index (χ0) is 8.97. The van der Waals surface area contributed by atoms with E-state index in [2.05, 4.69) is 9.27 Å². The van der Waals surface area contributed by atoms with Crippen molar-refractivity contribution in [3.8, 4) is 0 Å². The number of nitrogens with zero attached hydrogens (tertiary/aromatic N) is 1. The Labute approximate surface area is 73.9 Å². The lowest BCUT2D eigenvalue weighted by molar-refractivity contribution is 0.0745. The molecule has 0 radical (unpaired) electrons. The highest BCUT2D eigenvalue weighted by Gasteiger charge is 2.07. The monoisotopic (exact) mass is 187 g/mol. The molecule has 1 rings (SSSR count). The van der Waals surface area contributed by atoms with Gasteiger partial charge >= 0.3 is 5.97 Å². The Balaban J connectivity index is 2.93. The summed E-state index contributed by atoms with van der Waals surface area (Å²) in [7, 11) is 0. The molecule has 0 saturated heterocycles. The first-order chi connectivity index (χ1) is 5.77. The summed E-state index contributed by atoms with van der Waals surface area (Å²) < 4.78 is 3.92. The number of halogens is 1. The Morgan fingerprint density at radius 3 is 3.08 bits per heavy atom. The molecule has 0 aliphatic carbocycles. The number of pyridine rings is 1. The van der Waals surface area contributed by atoms with Crippen molar-refractivity contribution in [1.82, 2.24) is 4.98 Å². The van der Waals surface area contributed by atoms with Gasteiger partial charge in [0, 0.05) is 6.20 Å². The van der Waals surface area contributed by atoms with Crippen molar-refractivity contribution in [1.29, 1.82) is 0 Å². The Bertz CT molecular complexity index is 290. The summed E-state index contributed by atoms with van der Waals surface area (Å²) in [6, 6.07) is 3.00. The second-order valence-corrected chi connectivity index (χ2v) is 2.23. The first kappa shape index (κ1) is 8.96. The lowest BCUT2D eigenvalue weighted by Gasteiger charge is -1.97. The molecular formula is C7H6ClNO3. The predicted octanol–water partition coefficient (Wildman–Crippen LogP) is 0.885. The maximum absolute atomic E-state index is 10.8. The van der Waals surface area contributed by atoms with Crippen molar-refractivity contribution in [2.45, 2.75) is 6.61 Å². The zero-order valence-corrected chi connectivity index (χ0v) is 6.78. The van der Waals surface area contributed by atoms with E-state index < -0.39 is 5.97 Å². The summed E-state index contributed by atoms with van der Waals surface area (Å²) in [6.07, 6.45) is 1.40. The first-order valence-corrected chi connectivity index (χ1v) is 3.47. The molecule has 0 atom stereocenters. The van der Waals surface area contributed by atoms with Gasteiger partial charge in [-0.2, -0.15) is 0 Å². The van der Waals surface area contributed by atoms with E-state index in [4.69, 9.17) is 17.0 Å². The number of hydrogen-bond donors (Lipinski definition) is 1. The van der Waals surface area contributed by atoms with Gasteiger partial charge in [0.05, 0.1) is 6.61 Å². The van der Waals surface area contributed by atoms with E-state index in [1.807, 2.05) is 0 Å². The molecule has 1 heterocycles. The van der Waals surface area contributed by atoms with Gasteiger partial charge in [-0.25, -0.2) is 9.78 Å². The van der Waals surface area contributed by atoms with Crippen LogP contribution in [0.5, 0.6) is 0 Å². The normalized spacial score (nSPS) is 9.50. The minimum atomic E-state index is -0.730. The molecule has 0 fully saturated rings. The van der Waals surface area contributed by atoms with Crippen molar-refractivity contribution in [2.75, 3.05) is 0 Å². The van der Waals surface area contributed by atoms with Crippen LogP contribution >= 0.6 is 11.9 Å². The third kappa shape index (κ3) is 1.93. The maximum Gasteiger partial charge on any atom is 0.374 e. The molecule has 0 aliphatic rings. The molecule has 0 unspecified atom stereocenters. The van der Waals surface area contributed by atoms with Gasteiger partial charge in [0.25, 0.3) is 0 Å². The smallest absolute Gasteiger partial charge is 0.374 e. The average molecular weight is 188 g/mol. The Kier molecular flexibility index (Phi) is 3.01. The first-order valence-electron chi connectivity index (χ1n) is 3.16. The molecule has 0 amide bonds. The van der Waals surface area contributed by atoms with E-state index in [1.54, 1.807) is 6.07 Å². The van der Waals surface area contributed by atoms with Gasteiger partial charge in [0.1, 0.15) is 17.6 Å². The van der Waals surface area contributed by atoms with Crippen molar-refractivity contribution < 1.29 is 14.2 Å². The van der Waals surface area contributed by atoms with Crippen LogP contribution < -0.4 is 0 Å². The van der Waals surface area contributed by atoms with Crippen LogP contribution in [0.15, 0.2) is 18.3 Å². The summed E-state index contributed by atoms with van der Waals surface area (Å²) >= 11 is 4.83. The number of aliphatic hydroxyl groups excluding tert-OH is 1. The number of aliphatic hydroxyl groups is 1. The van der Waals surface area contributed by atoms with Crippen molar-refractivity contribution in [3.05, 3.63) is 29.6 Å². The molecular weight excluding hydrogens is 182 g/mol. The van der Waals surface area contributed by atoms with Gasteiger partial charge in [-0.1, -0.05) is 0 Å². The number of carbonyl (C=O) groups excluding carboxylic acids is 1. The van der Waals surface area contributed by atoms with Crippen LogP contribution in [-0.4, -0.2) is 16.1 Å². The second kappa shape index (κ2) is 4.04. The van der Waals surface area contributed by atoms with Gasteiger partial charge in [-0.05, 0) is 17.7 Å². The molecule has 0 saturated carbocycles. The molecule has 1 N–H and O–H groups in total. The molecule has 0 spiro atoms. The largest absolute Gasteiger partial charge is 0.392 e. The Hall–Kier alpha value is -1.13. The van der Waals surface area contributed by atoms with Crippen LogP contribution in [0.3, 0.4) is 0 Å². The molecule has 0 bridgehead atoms. The fourth-order valence-electron chi connectivity index (χ4n) is 0.724. The highest BCUT2D eigenvalue weighted by atomic mass is 35.5. The number of hydrogen-bond acceptors (Lipinski definition) is 4. The van der Waals surface area contributed by atoms with E-state index >= 15 is 0 Å². The van der Waals surface area contributed by atoms with Crippen LogP contribution in [0, 0.1) is 0 Å². The number of rotatable bonds is 2. The van der Waals surface area contributed by atoms with E-state index in [9.17, 15) is 4.79 Å². The third-order valence-corrected chi connectivity index (χ3v) is 1.43. The third-order valence-electron chi connectivity index (χ3n) is 1.29. The SMILES string of the molecule is O=C(OCl)c1cc(CO)ccn1. The number of carbonyl (C=O) groups is 1. The molecule has 1 aromatic heterocycles. The lowest BCUT2D eigenvalue weighted by Crippen LogP contribution is -2.02. The van der Waals surface area contributed by atoms with Crippen molar-refractivity contribution >= 4 is 17.8 Å². The lowest BCUT2D eigenvalue weighted by atomic mass is 10.2. The van der Waals surface area contributed by atoms with Crippen LogP contribution in [0.4, 0.5) is 0 Å². The summed E-state index contributed by atoms with van der Waals surface area (Å²) in [6.45, 7) is -0.148. The van der Waals surface area contributed by atoms with E-state index in [0.29, 0.717) is 5.56 Å². The summed E-state index contributed by atoms with van der Waals surface area (Å²) in [5.74, 6) is -0.730. The predicted molar refractivity (Wildman–Crippen MR) is 41.4 cm³/mol. The van der Waals surface area contributed by atoms with Crippen molar-refractivity contribution in [2.24, 2.45) is 0 Å². The van der Waals surface area contributed by atoms with E-state index in [1.165, 1.54) is 12.3 Å². The van der Waals surface area contributed by atoms with Gasteiger partial charge in [-0.3, -0.25) is 0 Å². The van der Waals surface area contributed by atoms with Crippen LogP contribution in [0.25, 0.3) is 0 Å². The Morgan fingerprint density at radius 2 is 2.50 bits per heavy atom. The molecule has 12 heavy (non-hydrogen) atoms. The highest BCUT2D eigenvalue weighted by Crippen LogP contribution is 2.03. The fourth-order valence-corrected chi connectivity index (χ4v) is 0.803. The Morgan fingerprint density at radius 1 is 1.75 bits per heavy atom. The van der Waals surface area contributed by atoms with E-state index in [-0.39, 0.29) is 12.3 Å². The molecule has 5 heteroatoms. The minimum absolute atomic E-state index is 0.0801. The van der Waals surface area contributed by atoms with Gasteiger partial charge in [-0.15, -0.1) is 0 Å². The van der Waals surface area contributed by atoms with Gasteiger partial charge < -0.3 is 9.40 Å². The van der Waals surface area contributed by atoms with Gasteiger partial charge in [0.15, 0.2) is 0 Å². The highest BCUT2D eigenvalue weighted by molar-refractivity contribution is 6.15. The second-order valence-electron chi connectivity index (χ2n) is 2.07. The minimum Gasteiger partial charge on any atom is -0.392 e. The molecule has 4 nitrogen and oxygen atoms in total.